The number of hydrogen-bond acceptors (Lipinski definition) is 5. The molecule has 140 valence electrons. The lowest BCUT2D eigenvalue weighted by Gasteiger charge is -2.36. The second-order valence-electron chi connectivity index (χ2n) is 7.41. The van der Waals surface area contributed by atoms with E-state index in [1.807, 2.05) is 20.2 Å². The van der Waals surface area contributed by atoms with Crippen LogP contribution >= 0.6 is 0 Å². The maximum atomic E-state index is 9.86. The Hall–Kier alpha value is -0.980. The van der Waals surface area contributed by atoms with Gasteiger partial charge in [-0.2, -0.15) is 0 Å². The zero-order valence-corrected chi connectivity index (χ0v) is 15.7. The Kier molecular flexibility index (Phi) is 6.12. The number of rotatable bonds is 7. The first kappa shape index (κ1) is 18.8. The van der Waals surface area contributed by atoms with Crippen LogP contribution in [0.25, 0.3) is 0 Å². The molecule has 0 spiro atoms. The molecular formula is C20H31NO4. The quantitative estimate of drug-likeness (QED) is 0.767. The van der Waals surface area contributed by atoms with Crippen LogP contribution in [0.4, 0.5) is 0 Å². The van der Waals surface area contributed by atoms with Gasteiger partial charge in [0.15, 0.2) is 12.1 Å². The van der Waals surface area contributed by atoms with Crippen molar-refractivity contribution < 1.29 is 19.3 Å². The summed E-state index contributed by atoms with van der Waals surface area (Å²) < 4.78 is 18.6. The Bertz CT molecular complexity index is 569. The molecule has 1 fully saturated rings. The fraction of sp³-hybridized carbons (Fsp3) is 0.700. The predicted molar refractivity (Wildman–Crippen MR) is 96.3 cm³/mol. The summed E-state index contributed by atoms with van der Waals surface area (Å²) in [6, 6.07) is 6.12. The summed E-state index contributed by atoms with van der Waals surface area (Å²) in [5.74, 6) is -0.732. The van der Waals surface area contributed by atoms with E-state index in [-0.39, 0.29) is 6.29 Å². The van der Waals surface area contributed by atoms with Crippen LogP contribution in [0, 0.1) is 0 Å². The number of nitrogens with zero attached hydrogens (tertiary/aromatic N) is 1. The van der Waals surface area contributed by atoms with E-state index in [1.54, 1.807) is 6.92 Å². The number of aliphatic hydroxyl groups excluding tert-OH is 1. The van der Waals surface area contributed by atoms with E-state index in [4.69, 9.17) is 14.2 Å². The van der Waals surface area contributed by atoms with E-state index >= 15 is 0 Å². The molecule has 1 N–H and O–H groups in total. The van der Waals surface area contributed by atoms with Gasteiger partial charge in [-0.15, -0.1) is 0 Å². The SMILES string of the molecule is CC(O)c1ccc2c(c1)CCC2(OCCN(C)C)OC1CCCCO1. The largest absolute Gasteiger partial charge is 0.389 e. The van der Waals surface area contributed by atoms with Crippen LogP contribution in [-0.4, -0.2) is 50.2 Å². The van der Waals surface area contributed by atoms with E-state index in [9.17, 15) is 5.11 Å². The molecule has 0 aromatic heterocycles. The first-order valence-corrected chi connectivity index (χ1v) is 9.40. The van der Waals surface area contributed by atoms with Crippen molar-refractivity contribution in [2.45, 2.75) is 57.2 Å². The molecule has 1 heterocycles. The average molecular weight is 349 g/mol. The van der Waals surface area contributed by atoms with Crippen LogP contribution in [0.2, 0.25) is 0 Å². The van der Waals surface area contributed by atoms with Gasteiger partial charge in [-0.25, -0.2) is 0 Å². The van der Waals surface area contributed by atoms with Crippen LogP contribution in [0.1, 0.15) is 55.4 Å². The monoisotopic (exact) mass is 349 g/mol. The molecule has 3 atom stereocenters. The molecule has 0 bridgehead atoms. The van der Waals surface area contributed by atoms with Crippen LogP contribution in [-0.2, 0) is 26.4 Å². The molecule has 1 aliphatic heterocycles. The van der Waals surface area contributed by atoms with E-state index < -0.39 is 11.9 Å². The summed E-state index contributed by atoms with van der Waals surface area (Å²) in [4.78, 5) is 2.11. The summed E-state index contributed by atoms with van der Waals surface area (Å²) in [6.45, 7) is 4.01. The standard InChI is InChI=1S/C20H31NO4/c1-15(22)16-7-8-18-17(14-16)9-10-20(18,24-13-11-21(2)3)25-19-6-4-5-12-23-19/h7-8,14-15,19,22H,4-6,9-13H2,1-3H3. The first-order valence-electron chi connectivity index (χ1n) is 9.40. The Morgan fingerprint density at radius 1 is 1.36 bits per heavy atom. The third-order valence-corrected chi connectivity index (χ3v) is 5.08. The fourth-order valence-electron chi connectivity index (χ4n) is 3.60. The van der Waals surface area contributed by atoms with Gasteiger partial charge >= 0.3 is 0 Å². The molecule has 3 rings (SSSR count). The lowest BCUT2D eigenvalue weighted by Crippen LogP contribution is -2.39. The molecule has 1 aliphatic carbocycles. The van der Waals surface area contributed by atoms with Crippen LogP contribution in [0.5, 0.6) is 0 Å². The molecule has 0 radical (unpaired) electrons. The number of benzene rings is 1. The van der Waals surface area contributed by atoms with Crippen LogP contribution < -0.4 is 0 Å². The molecule has 5 nitrogen and oxygen atoms in total. The minimum absolute atomic E-state index is 0.199. The van der Waals surface area contributed by atoms with Crippen LogP contribution in [0.15, 0.2) is 18.2 Å². The summed E-state index contributed by atoms with van der Waals surface area (Å²) in [5.41, 5.74) is 3.24. The number of fused-ring (bicyclic) bond motifs is 1. The smallest absolute Gasteiger partial charge is 0.198 e. The van der Waals surface area contributed by atoms with Crippen molar-refractivity contribution in [3.05, 3.63) is 34.9 Å². The second-order valence-corrected chi connectivity index (χ2v) is 7.41. The van der Waals surface area contributed by atoms with Gasteiger partial charge in [0.05, 0.1) is 12.7 Å². The Morgan fingerprint density at radius 3 is 2.88 bits per heavy atom. The number of likely N-dealkylation sites (N-methyl/N-ethyl adjacent to an activating group) is 1. The molecule has 0 amide bonds. The predicted octanol–water partition coefficient (Wildman–Crippen LogP) is 2.96. The third kappa shape index (κ3) is 4.41. The summed E-state index contributed by atoms with van der Waals surface area (Å²) in [7, 11) is 4.08. The molecule has 0 saturated carbocycles. The van der Waals surface area contributed by atoms with Crippen molar-refractivity contribution in [1.29, 1.82) is 0 Å². The Labute approximate surface area is 150 Å². The van der Waals surface area contributed by atoms with Gasteiger partial charge in [0.2, 0.25) is 0 Å². The van der Waals surface area contributed by atoms with Gasteiger partial charge < -0.3 is 24.2 Å². The lowest BCUT2D eigenvalue weighted by molar-refractivity contribution is -0.324. The van der Waals surface area contributed by atoms with Gasteiger partial charge in [0.25, 0.3) is 0 Å². The molecule has 25 heavy (non-hydrogen) atoms. The highest BCUT2D eigenvalue weighted by Gasteiger charge is 2.43. The topological polar surface area (TPSA) is 51.2 Å². The molecule has 1 aromatic rings. The molecule has 5 heteroatoms. The maximum absolute atomic E-state index is 9.86. The van der Waals surface area contributed by atoms with Gasteiger partial charge in [0, 0.05) is 25.1 Å². The molecule has 3 unspecified atom stereocenters. The zero-order valence-electron chi connectivity index (χ0n) is 15.7. The Balaban J connectivity index is 1.82. The maximum Gasteiger partial charge on any atom is 0.198 e. The highest BCUT2D eigenvalue weighted by atomic mass is 16.8. The lowest BCUT2D eigenvalue weighted by atomic mass is 10.0. The van der Waals surface area contributed by atoms with E-state index in [1.165, 1.54) is 5.56 Å². The third-order valence-electron chi connectivity index (χ3n) is 5.08. The summed E-state index contributed by atoms with van der Waals surface area (Å²) in [6.07, 6.45) is 4.17. The second kappa shape index (κ2) is 8.14. The number of hydrogen-bond donors (Lipinski definition) is 1. The summed E-state index contributed by atoms with van der Waals surface area (Å²) >= 11 is 0. The summed E-state index contributed by atoms with van der Waals surface area (Å²) in [5, 5.41) is 9.86. The van der Waals surface area contributed by atoms with E-state index in [0.717, 1.165) is 56.4 Å². The number of aryl methyl sites for hydroxylation is 1. The molecular weight excluding hydrogens is 318 g/mol. The van der Waals surface area contributed by atoms with Gasteiger partial charge in [-0.3, -0.25) is 0 Å². The highest BCUT2D eigenvalue weighted by molar-refractivity contribution is 5.39. The number of aliphatic hydroxyl groups is 1. The van der Waals surface area contributed by atoms with Gasteiger partial charge in [0.1, 0.15) is 0 Å². The Morgan fingerprint density at radius 2 is 2.20 bits per heavy atom. The molecule has 1 aromatic carbocycles. The van der Waals surface area contributed by atoms with Gasteiger partial charge in [-0.1, -0.05) is 18.2 Å². The molecule has 2 aliphatic rings. The minimum Gasteiger partial charge on any atom is -0.389 e. The first-order chi connectivity index (χ1) is 12.0. The van der Waals surface area contributed by atoms with Crippen LogP contribution in [0.3, 0.4) is 0 Å². The van der Waals surface area contributed by atoms with Gasteiger partial charge in [-0.05, 0) is 57.8 Å². The highest BCUT2D eigenvalue weighted by Crippen LogP contribution is 2.43. The fourth-order valence-corrected chi connectivity index (χ4v) is 3.60. The van der Waals surface area contributed by atoms with E-state index in [2.05, 4.69) is 17.0 Å². The van der Waals surface area contributed by atoms with Crippen molar-refractivity contribution in [3.63, 3.8) is 0 Å². The van der Waals surface area contributed by atoms with Crippen molar-refractivity contribution in [1.82, 2.24) is 4.90 Å². The van der Waals surface area contributed by atoms with Crippen molar-refractivity contribution >= 4 is 0 Å². The zero-order chi connectivity index (χ0) is 17.9. The minimum atomic E-state index is -0.732. The van der Waals surface area contributed by atoms with E-state index in [0.29, 0.717) is 6.61 Å². The molecule has 1 saturated heterocycles. The van der Waals surface area contributed by atoms with Crippen molar-refractivity contribution in [2.75, 3.05) is 33.9 Å². The van der Waals surface area contributed by atoms with Crippen molar-refractivity contribution in [3.8, 4) is 0 Å². The number of ether oxygens (including phenoxy) is 3. The van der Waals surface area contributed by atoms with Crippen molar-refractivity contribution in [2.24, 2.45) is 0 Å². The normalized spacial score (nSPS) is 27.5. The average Bonchev–Trinajstić information content (AvgIpc) is 2.93.